The van der Waals surface area contributed by atoms with E-state index in [1.54, 1.807) is 42.5 Å². The molecule has 1 atom stereocenters. The molecule has 11 nitrogen and oxygen atoms in total. The molecule has 1 unspecified atom stereocenters. The van der Waals surface area contributed by atoms with Crippen LogP contribution >= 0.6 is 12.4 Å². The minimum absolute atomic E-state index is 0. The van der Waals surface area contributed by atoms with Crippen LogP contribution in [0.4, 0.5) is 11.4 Å². The van der Waals surface area contributed by atoms with Gasteiger partial charge in [-0.25, -0.2) is 4.98 Å². The first kappa shape index (κ1) is 32.2. The summed E-state index contributed by atoms with van der Waals surface area (Å²) in [5, 5.41) is 16.7. The Morgan fingerprint density at radius 1 is 1.07 bits per heavy atom. The van der Waals surface area contributed by atoms with Crippen LogP contribution in [-0.4, -0.2) is 40.1 Å². The van der Waals surface area contributed by atoms with Gasteiger partial charge in [-0.2, -0.15) is 0 Å². The second kappa shape index (κ2) is 15.0. The number of hydrogen-bond acceptors (Lipinski definition) is 8. The quantitative estimate of drug-likeness (QED) is 0.161. The topological polar surface area (TPSA) is 167 Å². The molecule has 42 heavy (non-hydrogen) atoms. The largest absolute Gasteiger partial charge is 0.439 e. The van der Waals surface area contributed by atoms with Crippen molar-refractivity contribution in [2.75, 3.05) is 11.9 Å². The van der Waals surface area contributed by atoms with E-state index in [1.165, 1.54) is 19.1 Å². The van der Waals surface area contributed by atoms with Crippen LogP contribution in [0.2, 0.25) is 0 Å². The number of rotatable bonds is 11. The summed E-state index contributed by atoms with van der Waals surface area (Å²) in [5.74, 6) is 0.188. The molecule has 1 heterocycles. The molecule has 222 valence electrons. The summed E-state index contributed by atoms with van der Waals surface area (Å²) >= 11 is 0. The van der Waals surface area contributed by atoms with Gasteiger partial charge in [0.1, 0.15) is 18.0 Å². The van der Waals surface area contributed by atoms with Crippen LogP contribution in [-0.2, 0) is 16.0 Å². The summed E-state index contributed by atoms with van der Waals surface area (Å²) in [4.78, 5) is 52.5. The van der Waals surface area contributed by atoms with Gasteiger partial charge in [0, 0.05) is 35.7 Å². The number of hydrogen-bond donors (Lipinski definition) is 3. The van der Waals surface area contributed by atoms with E-state index in [0.29, 0.717) is 29.5 Å². The van der Waals surface area contributed by atoms with Crippen molar-refractivity contribution in [1.29, 1.82) is 0 Å². The van der Waals surface area contributed by atoms with Gasteiger partial charge in [-0.1, -0.05) is 12.1 Å². The van der Waals surface area contributed by atoms with Crippen LogP contribution in [0, 0.1) is 22.0 Å². The molecule has 12 heteroatoms. The molecule has 0 spiro atoms. The number of ketones is 1. The Bertz CT molecular complexity index is 1390. The molecule has 1 fully saturated rings. The van der Waals surface area contributed by atoms with Gasteiger partial charge in [0.05, 0.1) is 4.92 Å². The Morgan fingerprint density at radius 3 is 2.38 bits per heavy atom. The van der Waals surface area contributed by atoms with Crippen molar-refractivity contribution in [2.45, 2.75) is 45.1 Å². The average Bonchev–Trinajstić information content (AvgIpc) is 2.97. The third kappa shape index (κ3) is 8.82. The molecule has 1 aliphatic carbocycles. The van der Waals surface area contributed by atoms with E-state index in [9.17, 15) is 24.5 Å². The number of nitrogens with two attached hydrogens (primary N) is 1. The number of nitrogens with zero attached hydrogens (tertiary/aromatic N) is 2. The predicted molar refractivity (Wildman–Crippen MR) is 160 cm³/mol. The first-order valence-electron chi connectivity index (χ1n) is 13.5. The maximum atomic E-state index is 13.4. The molecular formula is C30H34ClN5O6. The number of amides is 2. The zero-order valence-electron chi connectivity index (χ0n) is 23.2. The molecule has 2 aromatic carbocycles. The van der Waals surface area contributed by atoms with Crippen molar-refractivity contribution in [3.63, 3.8) is 0 Å². The van der Waals surface area contributed by atoms with Crippen molar-refractivity contribution >= 4 is 41.4 Å². The Labute approximate surface area is 249 Å². The maximum absolute atomic E-state index is 13.4. The van der Waals surface area contributed by atoms with Gasteiger partial charge in [0.15, 0.2) is 5.78 Å². The number of anilines is 1. The van der Waals surface area contributed by atoms with Crippen molar-refractivity contribution in [1.82, 2.24) is 10.3 Å². The fourth-order valence-electron chi connectivity index (χ4n) is 4.81. The summed E-state index contributed by atoms with van der Waals surface area (Å²) in [7, 11) is 0. The minimum Gasteiger partial charge on any atom is -0.439 e. The lowest BCUT2D eigenvalue weighted by molar-refractivity contribution is -0.385. The smallest absolute Gasteiger partial charge is 0.287 e. The molecule has 2 amide bonds. The molecule has 1 aliphatic rings. The summed E-state index contributed by atoms with van der Waals surface area (Å²) in [6, 6.07) is 15.4. The summed E-state index contributed by atoms with van der Waals surface area (Å²) in [5.41, 5.74) is 7.40. The number of Topliss-reactive ketones (excluding diaryl/α,β-unsaturated/α-hetero) is 1. The summed E-state index contributed by atoms with van der Waals surface area (Å²) < 4.78 is 5.76. The highest BCUT2D eigenvalue weighted by Gasteiger charge is 2.29. The maximum Gasteiger partial charge on any atom is 0.287 e. The van der Waals surface area contributed by atoms with Crippen molar-refractivity contribution in [2.24, 2.45) is 17.6 Å². The van der Waals surface area contributed by atoms with Crippen LogP contribution in [0.3, 0.4) is 0 Å². The molecule has 0 aliphatic heterocycles. The zero-order chi connectivity index (χ0) is 29.4. The standard InChI is InChI=1S/C30H33N5O6.ClH/c1-19(36)22-9-11-24(12-10-22)33-30(38)27(34-29(37)23-7-5-20(17-31)6-8-23)16-21-3-2-4-26(15-21)41-28-14-13-25(18-32-28)35(39)40;/h2-4,9-15,18,20,23,27H,5-8,16-17,31H2,1H3,(H,33,38)(H,34,37);1H. The number of pyridine rings is 1. The van der Waals surface area contributed by atoms with Gasteiger partial charge in [0.25, 0.3) is 5.69 Å². The fraction of sp³-hybridized carbons (Fsp3) is 0.333. The van der Waals surface area contributed by atoms with E-state index >= 15 is 0 Å². The number of benzene rings is 2. The van der Waals surface area contributed by atoms with Gasteiger partial charge in [-0.15, -0.1) is 12.4 Å². The van der Waals surface area contributed by atoms with Crippen LogP contribution < -0.4 is 21.1 Å². The Hall–Kier alpha value is -4.35. The van der Waals surface area contributed by atoms with Crippen LogP contribution in [0.1, 0.15) is 48.5 Å². The van der Waals surface area contributed by atoms with E-state index in [2.05, 4.69) is 15.6 Å². The summed E-state index contributed by atoms with van der Waals surface area (Å²) in [6.07, 6.45) is 4.50. The Kier molecular flexibility index (Phi) is 11.5. The number of halogens is 1. The lowest BCUT2D eigenvalue weighted by Gasteiger charge is -2.28. The van der Waals surface area contributed by atoms with Gasteiger partial charge in [0.2, 0.25) is 17.7 Å². The monoisotopic (exact) mass is 595 g/mol. The summed E-state index contributed by atoms with van der Waals surface area (Å²) in [6.45, 7) is 2.07. The molecule has 0 radical (unpaired) electrons. The molecule has 4 rings (SSSR count). The second-order valence-electron chi connectivity index (χ2n) is 10.2. The van der Waals surface area contributed by atoms with Gasteiger partial charge < -0.3 is 21.1 Å². The van der Waals surface area contributed by atoms with Crippen molar-refractivity contribution in [3.05, 3.63) is 88.1 Å². The number of ether oxygens (including phenoxy) is 1. The molecule has 0 saturated heterocycles. The van der Waals surface area contributed by atoms with Crippen LogP contribution in [0.5, 0.6) is 11.6 Å². The van der Waals surface area contributed by atoms with Gasteiger partial charge in [-0.3, -0.25) is 24.5 Å². The fourth-order valence-corrected chi connectivity index (χ4v) is 4.81. The molecule has 1 aromatic heterocycles. The van der Waals surface area contributed by atoms with Crippen molar-refractivity contribution < 1.29 is 24.0 Å². The zero-order valence-corrected chi connectivity index (χ0v) is 24.0. The molecule has 0 bridgehead atoms. The number of nitro groups is 1. The van der Waals surface area contributed by atoms with E-state index < -0.39 is 16.9 Å². The van der Waals surface area contributed by atoms with E-state index in [4.69, 9.17) is 10.5 Å². The molecule has 4 N–H and O–H groups in total. The normalized spacial score (nSPS) is 16.8. The third-order valence-electron chi connectivity index (χ3n) is 7.24. The van der Waals surface area contributed by atoms with E-state index in [0.717, 1.165) is 37.4 Å². The van der Waals surface area contributed by atoms with Gasteiger partial charge >= 0.3 is 0 Å². The average molecular weight is 596 g/mol. The Morgan fingerprint density at radius 2 is 1.79 bits per heavy atom. The van der Waals surface area contributed by atoms with E-state index in [1.807, 2.05) is 6.07 Å². The number of aromatic nitrogens is 1. The highest BCUT2D eigenvalue weighted by atomic mass is 35.5. The number of nitrogens with one attached hydrogen (secondary N) is 2. The second-order valence-corrected chi connectivity index (χ2v) is 10.2. The lowest BCUT2D eigenvalue weighted by Crippen LogP contribution is -2.48. The highest BCUT2D eigenvalue weighted by molar-refractivity contribution is 5.98. The minimum atomic E-state index is -0.880. The number of carbonyl (C=O) groups excluding carboxylic acids is 3. The first-order valence-corrected chi connectivity index (χ1v) is 13.5. The molecule has 1 saturated carbocycles. The Balaban J connectivity index is 0.00000484. The first-order chi connectivity index (χ1) is 19.7. The SMILES string of the molecule is CC(=O)c1ccc(NC(=O)C(Cc2cccc(Oc3ccc([N+](=O)[O-])cn3)c2)NC(=O)C2CCC(CN)CC2)cc1.Cl. The predicted octanol–water partition coefficient (Wildman–Crippen LogP) is 4.84. The number of carbonyl (C=O) groups is 3. The molecule has 3 aromatic rings. The third-order valence-corrected chi connectivity index (χ3v) is 7.24. The van der Waals surface area contributed by atoms with Crippen LogP contribution in [0.25, 0.3) is 0 Å². The van der Waals surface area contributed by atoms with E-state index in [-0.39, 0.29) is 48.0 Å². The van der Waals surface area contributed by atoms with Crippen molar-refractivity contribution in [3.8, 4) is 11.6 Å². The van der Waals surface area contributed by atoms with Crippen LogP contribution in [0.15, 0.2) is 66.9 Å². The van der Waals surface area contributed by atoms with Gasteiger partial charge in [-0.05, 0) is 87.0 Å². The highest BCUT2D eigenvalue weighted by Crippen LogP contribution is 2.29. The molecular weight excluding hydrogens is 562 g/mol. The lowest BCUT2D eigenvalue weighted by atomic mass is 9.81.